The molecule has 1 amide bonds. The summed E-state index contributed by atoms with van der Waals surface area (Å²) in [4.78, 5) is 11.2. The monoisotopic (exact) mass is 217 g/mol. The van der Waals surface area contributed by atoms with E-state index in [1.807, 2.05) is 24.3 Å². The first-order valence-electron chi connectivity index (χ1n) is 5.20. The lowest BCUT2D eigenvalue weighted by Crippen LogP contribution is -2.08. The van der Waals surface area contributed by atoms with Gasteiger partial charge in [-0.05, 0) is 43.4 Å². The number of benzene rings is 1. The number of hydrogen-bond acceptors (Lipinski definition) is 2. The summed E-state index contributed by atoms with van der Waals surface area (Å²) in [6.07, 6.45) is 1.53. The van der Waals surface area contributed by atoms with Gasteiger partial charge in [-0.25, -0.2) is 0 Å². The number of nitrogens with one attached hydrogen (secondary N) is 1. The smallest absolute Gasteiger partial charge is 0.300 e. The molecular weight excluding hydrogens is 202 g/mol. The van der Waals surface area contributed by atoms with Gasteiger partial charge in [0.1, 0.15) is 0 Å². The van der Waals surface area contributed by atoms with E-state index < -0.39 is 0 Å². The summed E-state index contributed by atoms with van der Waals surface area (Å²) in [6.45, 7) is 1.80. The van der Waals surface area contributed by atoms with E-state index >= 15 is 0 Å². The molecule has 0 spiro atoms. The van der Waals surface area contributed by atoms with Crippen LogP contribution in [0.25, 0.3) is 0 Å². The fourth-order valence-corrected chi connectivity index (χ4v) is 1.36. The molecule has 0 unspecified atom stereocenters. The Labute approximate surface area is 95.5 Å². The van der Waals surface area contributed by atoms with Crippen molar-refractivity contribution in [1.82, 2.24) is 0 Å². The fourth-order valence-electron chi connectivity index (χ4n) is 1.36. The Kier molecular flexibility index (Phi) is 5.10. The van der Waals surface area contributed by atoms with Crippen molar-refractivity contribution >= 4 is 11.6 Å². The minimum absolute atomic E-state index is 0.178. The number of carbonyl (C=O) groups excluding carboxylic acids is 1. The summed E-state index contributed by atoms with van der Waals surface area (Å²) in [6, 6.07) is 7.56. The van der Waals surface area contributed by atoms with Gasteiger partial charge in [0.2, 0.25) is 0 Å². The maximum absolute atomic E-state index is 11.2. The second-order valence-corrected chi connectivity index (χ2v) is 3.36. The van der Waals surface area contributed by atoms with E-state index in [2.05, 4.69) is 17.2 Å². The average Bonchev–Trinajstić information content (AvgIpc) is 2.27. The molecular formula is C13H15NO2. The van der Waals surface area contributed by atoms with Gasteiger partial charge < -0.3 is 10.4 Å². The highest BCUT2D eigenvalue weighted by molar-refractivity contribution is 6.03. The molecule has 0 fully saturated rings. The second kappa shape index (κ2) is 6.65. The van der Waals surface area contributed by atoms with Crippen molar-refractivity contribution in [1.29, 1.82) is 0 Å². The summed E-state index contributed by atoms with van der Waals surface area (Å²) in [7, 11) is 0. The Bertz CT molecular complexity index is 415. The average molecular weight is 217 g/mol. The highest BCUT2D eigenvalue weighted by atomic mass is 16.2. The van der Waals surface area contributed by atoms with E-state index in [-0.39, 0.29) is 12.5 Å². The number of aliphatic hydroxyl groups excluding tert-OH is 1. The van der Waals surface area contributed by atoms with Crippen LogP contribution in [0, 0.1) is 11.8 Å². The van der Waals surface area contributed by atoms with Gasteiger partial charge >= 0.3 is 0 Å². The SMILES string of the molecule is CC#CC(=O)Nc1cccc(CCCO)c1. The van der Waals surface area contributed by atoms with Gasteiger partial charge in [0.05, 0.1) is 0 Å². The number of aliphatic hydroxyl groups is 1. The molecule has 0 saturated carbocycles. The van der Waals surface area contributed by atoms with Gasteiger partial charge in [-0.1, -0.05) is 18.1 Å². The summed E-state index contributed by atoms with van der Waals surface area (Å²) < 4.78 is 0. The molecule has 3 nitrogen and oxygen atoms in total. The predicted octanol–water partition coefficient (Wildman–Crippen LogP) is 1.57. The molecule has 1 aromatic carbocycles. The third-order valence-electron chi connectivity index (χ3n) is 2.05. The fraction of sp³-hybridized carbons (Fsp3) is 0.308. The Hall–Kier alpha value is -1.79. The van der Waals surface area contributed by atoms with Crippen LogP contribution in [0.15, 0.2) is 24.3 Å². The van der Waals surface area contributed by atoms with Crippen molar-refractivity contribution in [2.45, 2.75) is 19.8 Å². The Morgan fingerprint density at radius 3 is 3.00 bits per heavy atom. The largest absolute Gasteiger partial charge is 0.396 e. The van der Waals surface area contributed by atoms with Crippen LogP contribution in [-0.4, -0.2) is 17.6 Å². The van der Waals surface area contributed by atoms with Crippen LogP contribution in [0.1, 0.15) is 18.9 Å². The minimum Gasteiger partial charge on any atom is -0.396 e. The van der Waals surface area contributed by atoms with Gasteiger partial charge in [-0.15, -0.1) is 0 Å². The van der Waals surface area contributed by atoms with Gasteiger partial charge in [0.15, 0.2) is 0 Å². The highest BCUT2D eigenvalue weighted by Gasteiger charge is 1.99. The number of carbonyl (C=O) groups is 1. The van der Waals surface area contributed by atoms with Crippen LogP contribution in [-0.2, 0) is 11.2 Å². The Morgan fingerprint density at radius 2 is 2.31 bits per heavy atom. The molecule has 3 heteroatoms. The zero-order valence-electron chi connectivity index (χ0n) is 9.29. The molecule has 0 bridgehead atoms. The zero-order valence-corrected chi connectivity index (χ0v) is 9.29. The van der Waals surface area contributed by atoms with Gasteiger partial charge in [0, 0.05) is 12.3 Å². The molecule has 0 heterocycles. The minimum atomic E-state index is -0.304. The summed E-state index contributed by atoms with van der Waals surface area (Å²) in [5.41, 5.74) is 1.83. The van der Waals surface area contributed by atoms with Crippen molar-refractivity contribution in [3.8, 4) is 11.8 Å². The molecule has 1 rings (SSSR count). The van der Waals surface area contributed by atoms with Gasteiger partial charge in [-0.3, -0.25) is 4.79 Å². The van der Waals surface area contributed by atoms with Crippen molar-refractivity contribution in [3.05, 3.63) is 29.8 Å². The maximum Gasteiger partial charge on any atom is 0.300 e. The molecule has 16 heavy (non-hydrogen) atoms. The first-order valence-corrected chi connectivity index (χ1v) is 5.20. The molecule has 0 radical (unpaired) electrons. The molecule has 0 atom stereocenters. The van der Waals surface area contributed by atoms with Crippen LogP contribution in [0.3, 0.4) is 0 Å². The predicted molar refractivity (Wildman–Crippen MR) is 63.9 cm³/mol. The number of aryl methyl sites for hydroxylation is 1. The lowest BCUT2D eigenvalue weighted by molar-refractivity contribution is -0.111. The molecule has 2 N–H and O–H groups in total. The molecule has 0 aliphatic heterocycles. The topological polar surface area (TPSA) is 49.3 Å². The standard InChI is InChI=1S/C13H15NO2/c1-2-5-13(16)14-12-8-3-6-11(10-12)7-4-9-15/h3,6,8,10,15H,4,7,9H2,1H3,(H,14,16). The first kappa shape index (κ1) is 12.3. The second-order valence-electron chi connectivity index (χ2n) is 3.36. The number of rotatable bonds is 4. The van der Waals surface area contributed by atoms with Gasteiger partial charge in [0.25, 0.3) is 5.91 Å². The lowest BCUT2D eigenvalue weighted by Gasteiger charge is -2.04. The Morgan fingerprint density at radius 1 is 1.50 bits per heavy atom. The zero-order chi connectivity index (χ0) is 11.8. The summed E-state index contributed by atoms with van der Waals surface area (Å²) >= 11 is 0. The van der Waals surface area contributed by atoms with E-state index in [1.54, 1.807) is 6.92 Å². The molecule has 0 aromatic heterocycles. The van der Waals surface area contributed by atoms with Crippen LogP contribution in [0.2, 0.25) is 0 Å². The van der Waals surface area contributed by atoms with Crippen molar-refractivity contribution in [3.63, 3.8) is 0 Å². The van der Waals surface area contributed by atoms with Crippen molar-refractivity contribution < 1.29 is 9.90 Å². The van der Waals surface area contributed by atoms with E-state index in [1.165, 1.54) is 0 Å². The van der Waals surface area contributed by atoms with E-state index in [0.717, 1.165) is 24.1 Å². The number of hydrogen-bond donors (Lipinski definition) is 2. The number of amides is 1. The van der Waals surface area contributed by atoms with Crippen LogP contribution in [0.4, 0.5) is 5.69 Å². The molecule has 0 aliphatic carbocycles. The Balaban J connectivity index is 2.65. The maximum atomic E-state index is 11.2. The van der Waals surface area contributed by atoms with Crippen molar-refractivity contribution in [2.75, 3.05) is 11.9 Å². The van der Waals surface area contributed by atoms with E-state index in [0.29, 0.717) is 0 Å². The van der Waals surface area contributed by atoms with Crippen molar-refractivity contribution in [2.24, 2.45) is 0 Å². The third kappa shape index (κ3) is 4.16. The van der Waals surface area contributed by atoms with E-state index in [4.69, 9.17) is 5.11 Å². The van der Waals surface area contributed by atoms with Gasteiger partial charge in [-0.2, -0.15) is 0 Å². The van der Waals surface area contributed by atoms with Crippen LogP contribution in [0.5, 0.6) is 0 Å². The lowest BCUT2D eigenvalue weighted by atomic mass is 10.1. The number of anilines is 1. The molecule has 0 saturated heterocycles. The van der Waals surface area contributed by atoms with E-state index in [9.17, 15) is 4.79 Å². The quantitative estimate of drug-likeness (QED) is 0.752. The normalized spacial score (nSPS) is 9.12. The molecule has 84 valence electrons. The first-order chi connectivity index (χ1) is 7.76. The van der Waals surface area contributed by atoms with Crippen LogP contribution >= 0.6 is 0 Å². The van der Waals surface area contributed by atoms with Crippen LogP contribution < -0.4 is 5.32 Å². The summed E-state index contributed by atoms with van der Waals surface area (Å²) in [5, 5.41) is 11.4. The highest BCUT2D eigenvalue weighted by Crippen LogP contribution is 2.11. The molecule has 0 aliphatic rings. The summed E-state index contributed by atoms with van der Waals surface area (Å²) in [5.74, 6) is 4.65. The molecule has 1 aromatic rings. The third-order valence-corrected chi connectivity index (χ3v) is 2.05.